The SMILES string of the molecule is CC(C)n1ncc2cc(C(=O)NCc3ccc(N(C)C)cc3)cnc21. The van der Waals surface area contributed by atoms with Crippen molar-refractivity contribution in [2.45, 2.75) is 26.4 Å². The highest BCUT2D eigenvalue weighted by atomic mass is 16.1. The number of nitrogens with one attached hydrogen (secondary N) is 1. The number of hydrogen-bond acceptors (Lipinski definition) is 4. The Balaban J connectivity index is 1.69. The third kappa shape index (κ3) is 3.63. The van der Waals surface area contributed by atoms with Gasteiger partial charge in [0.2, 0.25) is 0 Å². The van der Waals surface area contributed by atoms with E-state index in [9.17, 15) is 4.79 Å². The van der Waals surface area contributed by atoms with Crippen LogP contribution in [0.3, 0.4) is 0 Å². The average molecular weight is 337 g/mol. The lowest BCUT2D eigenvalue weighted by atomic mass is 10.2. The van der Waals surface area contributed by atoms with Gasteiger partial charge in [0.25, 0.3) is 5.91 Å². The zero-order chi connectivity index (χ0) is 18.0. The molecule has 1 amide bonds. The van der Waals surface area contributed by atoms with Gasteiger partial charge in [-0.2, -0.15) is 5.10 Å². The maximum atomic E-state index is 12.4. The first-order valence-electron chi connectivity index (χ1n) is 8.33. The Morgan fingerprint density at radius 3 is 2.56 bits per heavy atom. The molecular weight excluding hydrogens is 314 g/mol. The number of fused-ring (bicyclic) bond motifs is 1. The Hall–Kier alpha value is -2.89. The van der Waals surface area contributed by atoms with Gasteiger partial charge in [0.05, 0.1) is 11.8 Å². The number of rotatable bonds is 5. The van der Waals surface area contributed by atoms with Crippen LogP contribution in [0.5, 0.6) is 0 Å². The van der Waals surface area contributed by atoms with E-state index in [2.05, 4.69) is 29.2 Å². The summed E-state index contributed by atoms with van der Waals surface area (Å²) in [5.74, 6) is -0.136. The Labute approximate surface area is 147 Å². The molecule has 0 aliphatic carbocycles. The van der Waals surface area contributed by atoms with Crippen LogP contribution >= 0.6 is 0 Å². The summed E-state index contributed by atoms with van der Waals surface area (Å²) in [4.78, 5) is 18.8. The van der Waals surface area contributed by atoms with Gasteiger partial charge in [-0.3, -0.25) is 4.79 Å². The smallest absolute Gasteiger partial charge is 0.253 e. The van der Waals surface area contributed by atoms with E-state index in [4.69, 9.17) is 0 Å². The van der Waals surface area contributed by atoms with Crippen LogP contribution in [0.15, 0.2) is 42.7 Å². The molecule has 0 fully saturated rings. The molecule has 2 heterocycles. The molecule has 0 aliphatic heterocycles. The summed E-state index contributed by atoms with van der Waals surface area (Å²) < 4.78 is 1.85. The second-order valence-corrected chi connectivity index (χ2v) is 6.56. The predicted molar refractivity (Wildman–Crippen MR) is 99.9 cm³/mol. The van der Waals surface area contributed by atoms with Crippen molar-refractivity contribution in [3.63, 3.8) is 0 Å². The van der Waals surface area contributed by atoms with Crippen LogP contribution in [0, 0.1) is 0 Å². The van der Waals surface area contributed by atoms with Gasteiger partial charge in [-0.1, -0.05) is 12.1 Å². The molecule has 0 saturated carbocycles. The fourth-order valence-electron chi connectivity index (χ4n) is 2.64. The van der Waals surface area contributed by atoms with Gasteiger partial charge >= 0.3 is 0 Å². The molecule has 0 saturated heterocycles. The minimum absolute atomic E-state index is 0.136. The summed E-state index contributed by atoms with van der Waals surface area (Å²) in [6, 6.07) is 10.2. The van der Waals surface area contributed by atoms with Crippen LogP contribution in [0.25, 0.3) is 11.0 Å². The van der Waals surface area contributed by atoms with E-state index in [0.717, 1.165) is 22.3 Å². The van der Waals surface area contributed by atoms with Crippen molar-refractivity contribution in [2.75, 3.05) is 19.0 Å². The Bertz CT molecular complexity index is 880. The van der Waals surface area contributed by atoms with Crippen molar-refractivity contribution in [3.05, 3.63) is 53.9 Å². The average Bonchev–Trinajstić information content (AvgIpc) is 3.03. The number of anilines is 1. The first-order chi connectivity index (χ1) is 12.0. The van der Waals surface area contributed by atoms with E-state index in [1.54, 1.807) is 12.4 Å². The zero-order valence-corrected chi connectivity index (χ0v) is 15.0. The molecule has 25 heavy (non-hydrogen) atoms. The third-order valence-electron chi connectivity index (χ3n) is 4.09. The first-order valence-corrected chi connectivity index (χ1v) is 8.33. The van der Waals surface area contributed by atoms with Gasteiger partial charge in [-0.05, 0) is 37.6 Å². The van der Waals surface area contributed by atoms with Crippen LogP contribution in [0.2, 0.25) is 0 Å². The number of hydrogen-bond donors (Lipinski definition) is 1. The fraction of sp³-hybridized carbons (Fsp3) is 0.316. The highest BCUT2D eigenvalue weighted by Crippen LogP contribution is 2.17. The van der Waals surface area contributed by atoms with Crippen molar-refractivity contribution >= 4 is 22.6 Å². The minimum atomic E-state index is -0.136. The topological polar surface area (TPSA) is 63.1 Å². The molecule has 3 rings (SSSR count). The summed E-state index contributed by atoms with van der Waals surface area (Å²) >= 11 is 0. The first kappa shape index (κ1) is 17.0. The molecule has 0 radical (unpaired) electrons. The van der Waals surface area contributed by atoms with Crippen LogP contribution < -0.4 is 10.2 Å². The standard InChI is InChI=1S/C19H23N5O/c1-13(2)24-18-15(12-22-24)9-16(11-20-18)19(25)21-10-14-5-7-17(8-6-14)23(3)4/h5-9,11-13H,10H2,1-4H3,(H,21,25). The number of pyridine rings is 1. The molecule has 1 N–H and O–H groups in total. The fourth-order valence-corrected chi connectivity index (χ4v) is 2.64. The van der Waals surface area contributed by atoms with E-state index >= 15 is 0 Å². The lowest BCUT2D eigenvalue weighted by molar-refractivity contribution is 0.0950. The van der Waals surface area contributed by atoms with Crippen LogP contribution in [0.1, 0.15) is 35.8 Å². The van der Waals surface area contributed by atoms with E-state index in [0.29, 0.717) is 12.1 Å². The molecule has 6 heteroatoms. The molecule has 6 nitrogen and oxygen atoms in total. The van der Waals surface area contributed by atoms with Gasteiger partial charge < -0.3 is 10.2 Å². The van der Waals surface area contributed by atoms with Gasteiger partial charge in [-0.15, -0.1) is 0 Å². The van der Waals surface area contributed by atoms with Crippen LogP contribution in [-0.2, 0) is 6.54 Å². The number of aromatic nitrogens is 3. The molecule has 0 atom stereocenters. The summed E-state index contributed by atoms with van der Waals surface area (Å²) in [6.45, 7) is 4.59. The largest absolute Gasteiger partial charge is 0.378 e. The third-order valence-corrected chi connectivity index (χ3v) is 4.09. The van der Waals surface area contributed by atoms with E-state index in [1.165, 1.54) is 0 Å². The maximum Gasteiger partial charge on any atom is 0.253 e. The highest BCUT2D eigenvalue weighted by molar-refractivity contribution is 5.96. The quantitative estimate of drug-likeness (QED) is 0.777. The lowest BCUT2D eigenvalue weighted by Gasteiger charge is -2.13. The van der Waals surface area contributed by atoms with Gasteiger partial charge in [0, 0.05) is 44.0 Å². The van der Waals surface area contributed by atoms with E-state index in [1.807, 2.05) is 54.0 Å². The molecule has 0 bridgehead atoms. The molecule has 0 unspecified atom stereocenters. The summed E-state index contributed by atoms with van der Waals surface area (Å²) in [7, 11) is 4.00. The molecular formula is C19H23N5O. The number of benzene rings is 1. The van der Waals surface area contributed by atoms with Gasteiger partial charge in [0.15, 0.2) is 5.65 Å². The summed E-state index contributed by atoms with van der Waals surface area (Å²) in [5, 5.41) is 8.14. The van der Waals surface area contributed by atoms with Crippen molar-refractivity contribution in [3.8, 4) is 0 Å². The second-order valence-electron chi connectivity index (χ2n) is 6.56. The van der Waals surface area contributed by atoms with Gasteiger partial charge in [-0.25, -0.2) is 9.67 Å². The van der Waals surface area contributed by atoms with Crippen molar-refractivity contribution in [1.82, 2.24) is 20.1 Å². The Morgan fingerprint density at radius 1 is 1.20 bits per heavy atom. The zero-order valence-electron chi connectivity index (χ0n) is 15.0. The predicted octanol–water partition coefficient (Wildman–Crippen LogP) is 3.01. The van der Waals surface area contributed by atoms with Crippen molar-refractivity contribution in [2.24, 2.45) is 0 Å². The van der Waals surface area contributed by atoms with E-state index in [-0.39, 0.29) is 11.9 Å². The highest BCUT2D eigenvalue weighted by Gasteiger charge is 2.11. The summed E-state index contributed by atoms with van der Waals surface area (Å²) in [6.07, 6.45) is 3.35. The molecule has 1 aromatic carbocycles. The van der Waals surface area contributed by atoms with Crippen LogP contribution in [-0.4, -0.2) is 34.8 Å². The van der Waals surface area contributed by atoms with Crippen molar-refractivity contribution < 1.29 is 4.79 Å². The van der Waals surface area contributed by atoms with Gasteiger partial charge in [0.1, 0.15) is 0 Å². The maximum absolute atomic E-state index is 12.4. The molecule has 2 aromatic heterocycles. The van der Waals surface area contributed by atoms with Crippen LogP contribution in [0.4, 0.5) is 5.69 Å². The lowest BCUT2D eigenvalue weighted by Crippen LogP contribution is -2.23. The summed E-state index contributed by atoms with van der Waals surface area (Å²) in [5.41, 5.74) is 3.53. The Morgan fingerprint density at radius 2 is 1.92 bits per heavy atom. The number of carbonyl (C=O) groups excluding carboxylic acids is 1. The molecule has 0 aliphatic rings. The van der Waals surface area contributed by atoms with Crippen molar-refractivity contribution in [1.29, 1.82) is 0 Å². The monoisotopic (exact) mass is 337 g/mol. The van der Waals surface area contributed by atoms with E-state index < -0.39 is 0 Å². The minimum Gasteiger partial charge on any atom is -0.378 e. The number of amides is 1. The molecule has 0 spiro atoms. The number of nitrogens with zero attached hydrogens (tertiary/aromatic N) is 4. The Kier molecular flexibility index (Phi) is 4.70. The molecule has 3 aromatic rings. The second kappa shape index (κ2) is 6.93. The molecule has 130 valence electrons. The number of carbonyl (C=O) groups is 1. The normalized spacial score (nSPS) is 11.1.